The number of nitrogens with one attached hydrogen (secondary N) is 1. The molecule has 3 aromatic rings. The maximum absolute atomic E-state index is 12.4. The molecule has 2 heterocycles. The van der Waals surface area contributed by atoms with Crippen molar-refractivity contribution in [2.75, 3.05) is 4.72 Å². The molecule has 0 fully saturated rings. The van der Waals surface area contributed by atoms with E-state index in [0.29, 0.717) is 17.1 Å². The van der Waals surface area contributed by atoms with Gasteiger partial charge in [-0.3, -0.25) is 0 Å². The number of hydrogen-bond acceptors (Lipinski definition) is 7. The lowest BCUT2D eigenvalue weighted by Gasteiger charge is -2.06. The molecule has 3 rings (SSSR count). The summed E-state index contributed by atoms with van der Waals surface area (Å²) in [7, 11) is -3.82. The zero-order valence-corrected chi connectivity index (χ0v) is 14.5. The molecule has 9 heteroatoms. The van der Waals surface area contributed by atoms with Crippen molar-refractivity contribution in [2.24, 2.45) is 0 Å². The topological polar surface area (TPSA) is 133 Å². The minimum atomic E-state index is -3.82. The van der Waals surface area contributed by atoms with Crippen LogP contribution in [0.2, 0.25) is 0 Å². The summed E-state index contributed by atoms with van der Waals surface area (Å²) in [6, 6.07) is 14.4. The van der Waals surface area contributed by atoms with Gasteiger partial charge in [0.1, 0.15) is 29.2 Å². The second-order valence-electron chi connectivity index (χ2n) is 5.19. The molecule has 0 bridgehead atoms. The highest BCUT2D eigenvalue weighted by Crippen LogP contribution is 2.25. The Bertz CT molecular complexity index is 1150. The highest BCUT2D eigenvalue weighted by atomic mass is 32.2. The maximum atomic E-state index is 12.4. The average Bonchev–Trinajstić information content (AvgIpc) is 3.15. The van der Waals surface area contributed by atoms with Crippen molar-refractivity contribution in [1.29, 1.82) is 10.5 Å². The molecule has 0 saturated carbocycles. The monoisotopic (exact) mass is 377 g/mol. The van der Waals surface area contributed by atoms with Crippen molar-refractivity contribution in [3.8, 4) is 23.5 Å². The van der Waals surface area contributed by atoms with Gasteiger partial charge in [-0.25, -0.2) is 23.1 Å². The quantitative estimate of drug-likeness (QED) is 0.676. The Kier molecular flexibility index (Phi) is 4.97. The van der Waals surface area contributed by atoms with E-state index in [1.807, 2.05) is 0 Å². The Labute approximate surface area is 155 Å². The fourth-order valence-corrected chi connectivity index (χ4v) is 3.10. The molecule has 0 saturated heterocycles. The largest absolute Gasteiger partial charge is 0.457 e. The number of rotatable bonds is 5. The molecule has 0 radical (unpaired) electrons. The summed E-state index contributed by atoms with van der Waals surface area (Å²) < 4.78 is 32.6. The zero-order valence-electron chi connectivity index (χ0n) is 13.7. The lowest BCUT2D eigenvalue weighted by Crippen LogP contribution is -2.14. The first-order chi connectivity index (χ1) is 13.0. The summed E-state index contributed by atoms with van der Waals surface area (Å²) in [5, 5.41) is 17.5. The van der Waals surface area contributed by atoms with Gasteiger partial charge < -0.3 is 4.42 Å². The fourth-order valence-electron chi connectivity index (χ4n) is 2.15. The van der Waals surface area contributed by atoms with Gasteiger partial charge in [0.2, 0.25) is 5.95 Å². The van der Waals surface area contributed by atoms with Crippen LogP contribution in [0, 0.1) is 22.7 Å². The number of nitriles is 2. The van der Waals surface area contributed by atoms with E-state index in [4.69, 9.17) is 14.9 Å². The van der Waals surface area contributed by atoms with Gasteiger partial charge >= 0.3 is 0 Å². The van der Waals surface area contributed by atoms with Gasteiger partial charge in [0.25, 0.3) is 10.0 Å². The molecule has 1 aromatic carbocycles. The third-order valence-electron chi connectivity index (χ3n) is 3.39. The van der Waals surface area contributed by atoms with E-state index < -0.39 is 10.0 Å². The fraction of sp³-hybridized carbons (Fsp3) is 0. The third kappa shape index (κ3) is 4.18. The SMILES string of the molecule is N#CC(C#N)=Cc1ccc(-c2ccc(S(=O)(=O)Nc3ncccn3)cc2)o1. The molecular weight excluding hydrogens is 366 g/mol. The second kappa shape index (κ2) is 7.52. The molecule has 2 aromatic heterocycles. The Morgan fingerprint density at radius 1 is 1.04 bits per heavy atom. The van der Waals surface area contributed by atoms with Crippen LogP contribution in [0.4, 0.5) is 5.95 Å². The molecule has 0 unspecified atom stereocenters. The van der Waals surface area contributed by atoms with Crippen molar-refractivity contribution < 1.29 is 12.8 Å². The molecule has 0 aliphatic heterocycles. The molecular formula is C18H11N5O3S. The van der Waals surface area contributed by atoms with Crippen molar-refractivity contribution in [2.45, 2.75) is 4.90 Å². The van der Waals surface area contributed by atoms with E-state index in [9.17, 15) is 8.42 Å². The van der Waals surface area contributed by atoms with E-state index in [1.54, 1.807) is 42.5 Å². The van der Waals surface area contributed by atoms with Crippen LogP contribution in [0.5, 0.6) is 0 Å². The predicted molar refractivity (Wildman–Crippen MR) is 96.2 cm³/mol. The standard InChI is InChI=1S/C18H11N5O3S/c19-11-13(12-20)10-15-4-7-17(26-15)14-2-5-16(6-3-14)27(24,25)23-18-21-8-1-9-22-18/h1-10H,(H,21,22,23). The van der Waals surface area contributed by atoms with Gasteiger partial charge in [-0.05, 0) is 42.5 Å². The van der Waals surface area contributed by atoms with Gasteiger partial charge in [0.05, 0.1) is 4.90 Å². The molecule has 132 valence electrons. The predicted octanol–water partition coefficient (Wildman–Crippen LogP) is 2.97. The first-order valence-corrected chi connectivity index (χ1v) is 9.02. The number of allylic oxidation sites excluding steroid dienone is 1. The van der Waals surface area contributed by atoms with E-state index >= 15 is 0 Å². The average molecular weight is 377 g/mol. The first-order valence-electron chi connectivity index (χ1n) is 7.54. The van der Waals surface area contributed by atoms with Gasteiger partial charge in [0.15, 0.2) is 0 Å². The molecule has 0 amide bonds. The summed E-state index contributed by atoms with van der Waals surface area (Å²) in [5.41, 5.74) is 0.562. The number of furan rings is 1. The van der Waals surface area contributed by atoms with Crippen LogP contribution in [-0.4, -0.2) is 18.4 Å². The first kappa shape index (κ1) is 17.9. The van der Waals surface area contributed by atoms with Gasteiger partial charge in [-0.15, -0.1) is 0 Å². The summed E-state index contributed by atoms with van der Waals surface area (Å²) in [4.78, 5) is 7.70. The highest BCUT2D eigenvalue weighted by Gasteiger charge is 2.16. The van der Waals surface area contributed by atoms with E-state index in [0.717, 1.165) is 0 Å². The minimum Gasteiger partial charge on any atom is -0.457 e. The Hall–Kier alpha value is -3.95. The highest BCUT2D eigenvalue weighted by molar-refractivity contribution is 7.92. The molecule has 0 aliphatic rings. The van der Waals surface area contributed by atoms with E-state index in [-0.39, 0.29) is 16.4 Å². The van der Waals surface area contributed by atoms with Gasteiger partial charge in [-0.1, -0.05) is 0 Å². The summed E-state index contributed by atoms with van der Waals surface area (Å²) in [6.45, 7) is 0. The smallest absolute Gasteiger partial charge is 0.264 e. The van der Waals surface area contributed by atoms with Crippen LogP contribution < -0.4 is 4.72 Å². The van der Waals surface area contributed by atoms with Crippen LogP contribution in [0.1, 0.15) is 5.76 Å². The van der Waals surface area contributed by atoms with Crippen LogP contribution in [0.15, 0.2) is 69.7 Å². The number of aromatic nitrogens is 2. The van der Waals surface area contributed by atoms with Gasteiger partial charge in [-0.2, -0.15) is 10.5 Å². The van der Waals surface area contributed by atoms with E-state index in [2.05, 4.69) is 14.7 Å². The summed E-state index contributed by atoms with van der Waals surface area (Å²) >= 11 is 0. The van der Waals surface area contributed by atoms with Crippen molar-refractivity contribution >= 4 is 22.0 Å². The molecule has 0 atom stereocenters. The normalized spacial score (nSPS) is 10.4. The summed E-state index contributed by atoms with van der Waals surface area (Å²) in [6.07, 6.45) is 4.19. The van der Waals surface area contributed by atoms with E-state index in [1.165, 1.54) is 30.6 Å². The van der Waals surface area contributed by atoms with Crippen molar-refractivity contribution in [3.05, 3.63) is 66.2 Å². The number of nitrogens with zero attached hydrogens (tertiary/aromatic N) is 4. The molecule has 0 spiro atoms. The summed E-state index contributed by atoms with van der Waals surface area (Å²) in [5.74, 6) is 0.803. The number of hydrogen-bond donors (Lipinski definition) is 1. The number of anilines is 1. The maximum Gasteiger partial charge on any atom is 0.264 e. The lowest BCUT2D eigenvalue weighted by molar-refractivity contribution is 0.571. The third-order valence-corrected chi connectivity index (χ3v) is 4.74. The van der Waals surface area contributed by atoms with Crippen LogP contribution in [0.25, 0.3) is 17.4 Å². The Balaban J connectivity index is 1.82. The Morgan fingerprint density at radius 2 is 1.70 bits per heavy atom. The number of sulfonamides is 1. The Morgan fingerprint density at radius 3 is 2.33 bits per heavy atom. The van der Waals surface area contributed by atoms with Crippen LogP contribution in [-0.2, 0) is 10.0 Å². The zero-order chi connectivity index (χ0) is 19.3. The molecule has 1 N–H and O–H groups in total. The molecule has 8 nitrogen and oxygen atoms in total. The van der Waals surface area contributed by atoms with Gasteiger partial charge in [0, 0.05) is 24.0 Å². The molecule has 27 heavy (non-hydrogen) atoms. The number of benzene rings is 1. The van der Waals surface area contributed by atoms with Crippen LogP contribution in [0.3, 0.4) is 0 Å². The second-order valence-corrected chi connectivity index (χ2v) is 6.87. The van der Waals surface area contributed by atoms with Crippen molar-refractivity contribution in [1.82, 2.24) is 9.97 Å². The lowest BCUT2D eigenvalue weighted by atomic mass is 10.2. The minimum absolute atomic E-state index is 0.0187. The van der Waals surface area contributed by atoms with Crippen molar-refractivity contribution in [3.63, 3.8) is 0 Å². The molecule has 0 aliphatic carbocycles. The van der Waals surface area contributed by atoms with Crippen LogP contribution >= 0.6 is 0 Å².